The van der Waals surface area contributed by atoms with Crippen LogP contribution in [0.25, 0.3) is 10.9 Å². The number of benzene rings is 1. The largest absolute Gasteiger partial charge is 0.384 e. The highest BCUT2D eigenvalue weighted by Gasteiger charge is 2.50. The highest BCUT2D eigenvalue weighted by atomic mass is 16.5. The first kappa shape index (κ1) is 18.1. The number of likely N-dealkylation sites (tertiary alicyclic amines) is 2. The fraction of sp³-hybridized carbons (Fsp3) is 0.636. The number of fused-ring (bicyclic) bond motifs is 1. The van der Waals surface area contributed by atoms with E-state index in [1.165, 1.54) is 25.8 Å². The van der Waals surface area contributed by atoms with Gasteiger partial charge < -0.3 is 9.64 Å². The van der Waals surface area contributed by atoms with Gasteiger partial charge in [-0.1, -0.05) is 24.6 Å². The van der Waals surface area contributed by atoms with Crippen molar-refractivity contribution in [3.8, 4) is 0 Å². The molecule has 3 aliphatic rings. The van der Waals surface area contributed by atoms with Gasteiger partial charge in [0.15, 0.2) is 5.69 Å². The van der Waals surface area contributed by atoms with E-state index in [4.69, 9.17) is 4.74 Å². The summed E-state index contributed by atoms with van der Waals surface area (Å²) in [6.07, 6.45) is 6.22. The molecular formula is C22H30N4O2. The average molecular weight is 383 g/mol. The van der Waals surface area contributed by atoms with Gasteiger partial charge in [0.05, 0.1) is 12.1 Å². The van der Waals surface area contributed by atoms with Crippen LogP contribution in [0, 0.1) is 11.3 Å². The molecule has 1 aliphatic carbocycles. The van der Waals surface area contributed by atoms with E-state index >= 15 is 0 Å². The smallest absolute Gasteiger partial charge is 0.274 e. The number of hydrogen-bond acceptors (Lipinski definition) is 4. The topological polar surface area (TPSA) is 61.5 Å². The Bertz CT molecular complexity index is 851. The first-order chi connectivity index (χ1) is 13.7. The summed E-state index contributed by atoms with van der Waals surface area (Å²) < 4.78 is 5.59. The van der Waals surface area contributed by atoms with Crippen LogP contribution in [0.5, 0.6) is 0 Å². The van der Waals surface area contributed by atoms with Gasteiger partial charge in [-0.25, -0.2) is 0 Å². The molecular weight excluding hydrogens is 352 g/mol. The number of H-pyrrole nitrogens is 1. The predicted octanol–water partition coefficient (Wildman–Crippen LogP) is 2.92. The molecule has 1 saturated carbocycles. The average Bonchev–Trinajstić information content (AvgIpc) is 3.23. The van der Waals surface area contributed by atoms with Crippen molar-refractivity contribution in [2.24, 2.45) is 11.3 Å². The Morgan fingerprint density at radius 2 is 2.07 bits per heavy atom. The Morgan fingerprint density at radius 1 is 1.29 bits per heavy atom. The third-order valence-corrected chi connectivity index (χ3v) is 7.52. The van der Waals surface area contributed by atoms with E-state index in [0.717, 1.165) is 56.0 Å². The van der Waals surface area contributed by atoms with Crippen molar-refractivity contribution in [2.75, 3.05) is 39.9 Å². The van der Waals surface area contributed by atoms with E-state index in [-0.39, 0.29) is 5.91 Å². The molecule has 1 aromatic carbocycles. The number of amides is 1. The van der Waals surface area contributed by atoms with Crippen molar-refractivity contribution < 1.29 is 9.53 Å². The van der Waals surface area contributed by atoms with Crippen molar-refractivity contribution in [1.29, 1.82) is 0 Å². The first-order valence-electron chi connectivity index (χ1n) is 10.7. The van der Waals surface area contributed by atoms with Crippen LogP contribution < -0.4 is 0 Å². The summed E-state index contributed by atoms with van der Waals surface area (Å²) in [6.45, 7) is 4.81. The molecule has 1 amide bonds. The molecule has 28 heavy (non-hydrogen) atoms. The molecule has 3 fully saturated rings. The molecule has 150 valence electrons. The van der Waals surface area contributed by atoms with E-state index < -0.39 is 0 Å². The van der Waals surface area contributed by atoms with Crippen LogP contribution in [0.2, 0.25) is 0 Å². The number of rotatable bonds is 4. The summed E-state index contributed by atoms with van der Waals surface area (Å²) >= 11 is 0. The summed E-state index contributed by atoms with van der Waals surface area (Å²) in [7, 11) is 1.82. The zero-order chi connectivity index (χ0) is 19.1. The van der Waals surface area contributed by atoms with Crippen molar-refractivity contribution in [2.45, 2.75) is 38.1 Å². The Kier molecular flexibility index (Phi) is 4.63. The van der Waals surface area contributed by atoms with E-state index in [9.17, 15) is 4.79 Å². The predicted molar refractivity (Wildman–Crippen MR) is 108 cm³/mol. The molecule has 6 nitrogen and oxygen atoms in total. The second kappa shape index (κ2) is 7.16. The quantitative estimate of drug-likeness (QED) is 0.883. The third kappa shape index (κ3) is 2.94. The molecule has 1 atom stereocenters. The minimum Gasteiger partial charge on any atom is -0.384 e. The number of carbonyl (C=O) groups excluding carboxylic acids is 1. The number of carbonyl (C=O) groups is 1. The van der Waals surface area contributed by atoms with Gasteiger partial charge in [0.25, 0.3) is 5.91 Å². The van der Waals surface area contributed by atoms with Gasteiger partial charge in [-0.3, -0.25) is 14.8 Å². The summed E-state index contributed by atoms with van der Waals surface area (Å²) in [4.78, 5) is 17.8. The Balaban J connectivity index is 1.30. The van der Waals surface area contributed by atoms with Crippen molar-refractivity contribution >= 4 is 16.8 Å². The van der Waals surface area contributed by atoms with Gasteiger partial charge in [0.2, 0.25) is 0 Å². The molecule has 2 aromatic rings. The number of aromatic nitrogens is 2. The van der Waals surface area contributed by atoms with Gasteiger partial charge in [-0.2, -0.15) is 5.10 Å². The molecule has 5 rings (SSSR count). The number of hydrogen-bond donors (Lipinski definition) is 1. The van der Waals surface area contributed by atoms with Crippen molar-refractivity contribution in [1.82, 2.24) is 20.0 Å². The van der Waals surface area contributed by atoms with Crippen molar-refractivity contribution in [3.63, 3.8) is 0 Å². The van der Waals surface area contributed by atoms with Crippen molar-refractivity contribution in [3.05, 3.63) is 30.0 Å². The number of methoxy groups -OCH3 is 1. The van der Waals surface area contributed by atoms with Gasteiger partial charge >= 0.3 is 0 Å². The van der Waals surface area contributed by atoms with Crippen LogP contribution in [0.3, 0.4) is 0 Å². The summed E-state index contributed by atoms with van der Waals surface area (Å²) in [5.74, 6) is 0.644. The maximum absolute atomic E-state index is 13.1. The van der Waals surface area contributed by atoms with Gasteiger partial charge in [-0.05, 0) is 37.2 Å². The highest BCUT2D eigenvalue weighted by Crippen LogP contribution is 2.47. The zero-order valence-electron chi connectivity index (χ0n) is 16.7. The van der Waals surface area contributed by atoms with Crippen LogP contribution in [0.15, 0.2) is 24.3 Å². The molecule has 0 radical (unpaired) electrons. The number of para-hydroxylation sites is 1. The first-order valence-corrected chi connectivity index (χ1v) is 10.7. The summed E-state index contributed by atoms with van der Waals surface area (Å²) in [5, 5.41) is 8.22. The molecule has 6 heteroatoms. The summed E-state index contributed by atoms with van der Waals surface area (Å²) in [5.41, 5.74) is 1.78. The Morgan fingerprint density at radius 3 is 2.79 bits per heavy atom. The molecule has 1 N–H and O–H groups in total. The fourth-order valence-electron chi connectivity index (χ4n) is 5.53. The standard InChI is InChI=1S/C22H30N4O2/c1-28-14-16-13-26(17-5-4-6-17)15-22(16)9-11-25(12-10-22)21(27)20-18-7-2-3-8-19(18)23-24-20/h2-3,7-8,16-17H,4-6,9-15H2,1H3,(H,23,24). The number of piperidine rings is 1. The van der Waals surface area contributed by atoms with Crippen LogP contribution in [-0.4, -0.2) is 71.8 Å². The third-order valence-electron chi connectivity index (χ3n) is 7.52. The van der Waals surface area contributed by atoms with Gasteiger partial charge in [-0.15, -0.1) is 0 Å². The maximum atomic E-state index is 13.1. The normalized spacial score (nSPS) is 25.5. The lowest BCUT2D eigenvalue weighted by Gasteiger charge is -2.43. The van der Waals surface area contributed by atoms with Gasteiger partial charge in [0.1, 0.15) is 0 Å². The van der Waals surface area contributed by atoms with Crippen LogP contribution in [-0.2, 0) is 4.74 Å². The van der Waals surface area contributed by atoms with Crippen LogP contribution >= 0.6 is 0 Å². The Labute approximate surface area is 166 Å². The van der Waals surface area contributed by atoms with E-state index in [1.54, 1.807) is 0 Å². The monoisotopic (exact) mass is 382 g/mol. The molecule has 3 heterocycles. The molecule has 1 unspecified atom stereocenters. The minimum atomic E-state index is 0.0597. The minimum absolute atomic E-state index is 0.0597. The van der Waals surface area contributed by atoms with E-state index in [1.807, 2.05) is 36.3 Å². The molecule has 1 spiro atoms. The van der Waals surface area contributed by atoms with Crippen LogP contribution in [0.1, 0.15) is 42.6 Å². The van der Waals surface area contributed by atoms with E-state index in [0.29, 0.717) is 17.0 Å². The summed E-state index contributed by atoms with van der Waals surface area (Å²) in [6, 6.07) is 8.65. The second-order valence-electron chi connectivity index (χ2n) is 8.94. The SMILES string of the molecule is COCC1CN(C2CCC2)CC12CCN(C(=O)c1n[nH]c3ccccc13)CC2. The molecule has 0 bridgehead atoms. The highest BCUT2D eigenvalue weighted by molar-refractivity contribution is 6.04. The number of ether oxygens (including phenoxy) is 1. The lowest BCUT2D eigenvalue weighted by Crippen LogP contribution is -2.48. The molecule has 2 aliphatic heterocycles. The zero-order valence-corrected chi connectivity index (χ0v) is 16.7. The maximum Gasteiger partial charge on any atom is 0.274 e. The fourth-order valence-corrected chi connectivity index (χ4v) is 5.53. The lowest BCUT2D eigenvalue weighted by atomic mass is 9.71. The Hall–Kier alpha value is -1.92. The number of aromatic amines is 1. The second-order valence-corrected chi connectivity index (χ2v) is 8.94. The lowest BCUT2D eigenvalue weighted by molar-refractivity contribution is 0.0310. The van der Waals surface area contributed by atoms with Gasteiger partial charge in [0, 0.05) is 50.6 Å². The van der Waals surface area contributed by atoms with Crippen LogP contribution in [0.4, 0.5) is 0 Å². The number of nitrogens with one attached hydrogen (secondary N) is 1. The number of nitrogens with zero attached hydrogens (tertiary/aromatic N) is 3. The molecule has 2 saturated heterocycles. The van der Waals surface area contributed by atoms with E-state index in [2.05, 4.69) is 15.1 Å². The molecule has 1 aromatic heterocycles.